The molecule has 0 aromatic heterocycles. The molecule has 0 bridgehead atoms. The standard InChI is InChI=1S/C19H23BrN2O4S/c1-4-14(2)22(19(23)21-17-10-8-16(20)9-11-17)13-15-6-5-7-18(12-15)26-27(3,24)25/h5-12,14H,4,13H2,1-3H3,(H,21,23). The first-order chi connectivity index (χ1) is 12.7. The first kappa shape index (κ1) is 21.2. The van der Waals surface area contributed by atoms with Crippen LogP contribution in [0, 0.1) is 0 Å². The summed E-state index contributed by atoms with van der Waals surface area (Å²) in [6, 6.07) is 13.9. The average Bonchev–Trinajstić information content (AvgIpc) is 2.60. The second-order valence-electron chi connectivity index (χ2n) is 6.26. The van der Waals surface area contributed by atoms with Crippen molar-refractivity contribution in [2.45, 2.75) is 32.9 Å². The molecule has 2 aromatic carbocycles. The van der Waals surface area contributed by atoms with E-state index < -0.39 is 10.1 Å². The first-order valence-corrected chi connectivity index (χ1v) is 11.1. The summed E-state index contributed by atoms with van der Waals surface area (Å²) >= 11 is 3.37. The fraction of sp³-hybridized carbons (Fsp3) is 0.316. The van der Waals surface area contributed by atoms with Gasteiger partial charge in [0.1, 0.15) is 5.75 Å². The van der Waals surface area contributed by atoms with Crippen LogP contribution >= 0.6 is 15.9 Å². The Morgan fingerprint density at radius 3 is 2.48 bits per heavy atom. The Labute approximate surface area is 168 Å². The third-order valence-corrected chi connectivity index (χ3v) is 5.00. The lowest BCUT2D eigenvalue weighted by Gasteiger charge is -2.29. The third kappa shape index (κ3) is 6.88. The van der Waals surface area contributed by atoms with Crippen molar-refractivity contribution in [1.82, 2.24) is 4.90 Å². The highest BCUT2D eigenvalue weighted by atomic mass is 79.9. The van der Waals surface area contributed by atoms with Crippen molar-refractivity contribution in [2.24, 2.45) is 0 Å². The number of urea groups is 1. The highest BCUT2D eigenvalue weighted by molar-refractivity contribution is 9.10. The first-order valence-electron chi connectivity index (χ1n) is 8.49. The minimum atomic E-state index is -3.60. The molecule has 2 rings (SSSR count). The highest BCUT2D eigenvalue weighted by Gasteiger charge is 2.20. The Kier molecular flexibility index (Phi) is 7.26. The number of benzene rings is 2. The second-order valence-corrected chi connectivity index (χ2v) is 8.75. The number of anilines is 1. The molecule has 1 N–H and O–H groups in total. The van der Waals surface area contributed by atoms with Gasteiger partial charge in [-0.2, -0.15) is 8.42 Å². The molecule has 0 fully saturated rings. The van der Waals surface area contributed by atoms with Crippen LogP contribution in [0.1, 0.15) is 25.8 Å². The van der Waals surface area contributed by atoms with E-state index in [-0.39, 0.29) is 17.8 Å². The quantitative estimate of drug-likeness (QED) is 0.619. The van der Waals surface area contributed by atoms with Gasteiger partial charge in [-0.3, -0.25) is 0 Å². The Hall–Kier alpha value is -2.06. The van der Waals surface area contributed by atoms with E-state index in [0.29, 0.717) is 12.2 Å². The van der Waals surface area contributed by atoms with Crippen molar-refractivity contribution in [3.05, 3.63) is 58.6 Å². The number of nitrogens with one attached hydrogen (secondary N) is 1. The summed E-state index contributed by atoms with van der Waals surface area (Å²) in [6.45, 7) is 4.31. The lowest BCUT2D eigenvalue weighted by molar-refractivity contribution is 0.187. The fourth-order valence-corrected chi connectivity index (χ4v) is 3.16. The summed E-state index contributed by atoms with van der Waals surface area (Å²) in [7, 11) is -3.60. The maximum atomic E-state index is 12.8. The maximum absolute atomic E-state index is 12.8. The Morgan fingerprint density at radius 1 is 1.22 bits per heavy atom. The van der Waals surface area contributed by atoms with Gasteiger partial charge in [0.15, 0.2) is 0 Å². The number of rotatable bonds is 7. The Balaban J connectivity index is 2.17. The van der Waals surface area contributed by atoms with Crippen LogP contribution in [-0.4, -0.2) is 31.6 Å². The van der Waals surface area contributed by atoms with Crippen LogP contribution in [0.4, 0.5) is 10.5 Å². The zero-order chi connectivity index (χ0) is 20.0. The van der Waals surface area contributed by atoms with Gasteiger partial charge in [0.25, 0.3) is 0 Å². The van der Waals surface area contributed by atoms with Gasteiger partial charge in [0.05, 0.1) is 6.26 Å². The summed E-state index contributed by atoms with van der Waals surface area (Å²) in [4.78, 5) is 14.5. The summed E-state index contributed by atoms with van der Waals surface area (Å²) in [5, 5.41) is 2.90. The van der Waals surface area contributed by atoms with Gasteiger partial charge in [0.2, 0.25) is 0 Å². The molecule has 0 aliphatic rings. The minimum Gasteiger partial charge on any atom is -0.383 e. The summed E-state index contributed by atoms with van der Waals surface area (Å²) < 4.78 is 28.5. The van der Waals surface area contributed by atoms with E-state index in [4.69, 9.17) is 4.18 Å². The van der Waals surface area contributed by atoms with E-state index in [0.717, 1.165) is 22.7 Å². The van der Waals surface area contributed by atoms with E-state index in [1.807, 2.05) is 44.2 Å². The molecule has 27 heavy (non-hydrogen) atoms. The molecular weight excluding hydrogens is 432 g/mol. The number of hydrogen-bond donors (Lipinski definition) is 1. The van der Waals surface area contributed by atoms with E-state index in [1.54, 1.807) is 23.1 Å². The van der Waals surface area contributed by atoms with Crippen LogP contribution in [0.5, 0.6) is 5.75 Å². The Morgan fingerprint density at radius 2 is 1.89 bits per heavy atom. The van der Waals surface area contributed by atoms with Crippen molar-refractivity contribution in [3.63, 3.8) is 0 Å². The molecule has 0 saturated heterocycles. The number of carbonyl (C=O) groups is 1. The summed E-state index contributed by atoms with van der Waals surface area (Å²) in [5.74, 6) is 0.229. The summed E-state index contributed by atoms with van der Waals surface area (Å²) in [6.07, 6.45) is 1.78. The number of halogens is 1. The van der Waals surface area contributed by atoms with Crippen LogP contribution in [0.3, 0.4) is 0 Å². The molecule has 8 heteroatoms. The monoisotopic (exact) mass is 454 g/mol. The molecule has 0 aliphatic carbocycles. The fourth-order valence-electron chi connectivity index (χ4n) is 2.44. The SMILES string of the molecule is CCC(C)N(Cc1cccc(OS(C)(=O)=O)c1)C(=O)Nc1ccc(Br)cc1. The van der Waals surface area contributed by atoms with Gasteiger partial charge in [-0.25, -0.2) is 4.79 Å². The smallest absolute Gasteiger partial charge is 0.322 e. The molecule has 0 spiro atoms. The molecule has 2 amide bonds. The van der Waals surface area contributed by atoms with Crippen molar-refractivity contribution < 1.29 is 17.4 Å². The van der Waals surface area contributed by atoms with Crippen molar-refractivity contribution in [1.29, 1.82) is 0 Å². The molecule has 1 unspecified atom stereocenters. The maximum Gasteiger partial charge on any atom is 0.322 e. The predicted molar refractivity (Wildman–Crippen MR) is 110 cm³/mol. The molecule has 0 radical (unpaired) electrons. The lowest BCUT2D eigenvalue weighted by Crippen LogP contribution is -2.40. The van der Waals surface area contributed by atoms with Gasteiger partial charge >= 0.3 is 16.1 Å². The topological polar surface area (TPSA) is 75.7 Å². The second kappa shape index (κ2) is 9.23. The largest absolute Gasteiger partial charge is 0.383 e. The van der Waals surface area contributed by atoms with E-state index in [1.165, 1.54) is 0 Å². The van der Waals surface area contributed by atoms with Crippen molar-refractivity contribution in [3.8, 4) is 5.75 Å². The zero-order valence-electron chi connectivity index (χ0n) is 15.5. The predicted octanol–water partition coefficient (Wildman–Crippen LogP) is 4.62. The molecule has 0 heterocycles. The van der Waals surface area contributed by atoms with Gasteiger partial charge in [0, 0.05) is 22.7 Å². The zero-order valence-corrected chi connectivity index (χ0v) is 17.9. The van der Waals surface area contributed by atoms with Gasteiger partial charge in [-0.1, -0.05) is 35.0 Å². The van der Waals surface area contributed by atoms with Crippen LogP contribution < -0.4 is 9.50 Å². The van der Waals surface area contributed by atoms with Crippen LogP contribution in [0.15, 0.2) is 53.0 Å². The van der Waals surface area contributed by atoms with E-state index >= 15 is 0 Å². The van der Waals surface area contributed by atoms with Crippen LogP contribution in [0.25, 0.3) is 0 Å². The van der Waals surface area contributed by atoms with Gasteiger partial charge in [-0.05, 0) is 55.3 Å². The van der Waals surface area contributed by atoms with E-state index in [2.05, 4.69) is 21.2 Å². The number of nitrogens with zero attached hydrogens (tertiary/aromatic N) is 1. The Bertz CT molecular complexity index is 885. The molecule has 1 atom stereocenters. The van der Waals surface area contributed by atoms with Gasteiger partial charge < -0.3 is 14.4 Å². The molecule has 2 aromatic rings. The highest BCUT2D eigenvalue weighted by Crippen LogP contribution is 2.20. The molecule has 0 saturated carbocycles. The lowest BCUT2D eigenvalue weighted by atomic mass is 10.1. The minimum absolute atomic E-state index is 0.0000642. The van der Waals surface area contributed by atoms with Crippen molar-refractivity contribution >= 4 is 37.8 Å². The average molecular weight is 455 g/mol. The molecule has 6 nitrogen and oxygen atoms in total. The van der Waals surface area contributed by atoms with Gasteiger partial charge in [-0.15, -0.1) is 0 Å². The number of carbonyl (C=O) groups excluding carboxylic acids is 1. The summed E-state index contributed by atoms with van der Waals surface area (Å²) in [5.41, 5.74) is 1.48. The normalized spacial score (nSPS) is 12.3. The van der Waals surface area contributed by atoms with Crippen LogP contribution in [0.2, 0.25) is 0 Å². The molecule has 0 aliphatic heterocycles. The molecule has 146 valence electrons. The van der Waals surface area contributed by atoms with E-state index in [9.17, 15) is 13.2 Å². The van der Waals surface area contributed by atoms with Crippen LogP contribution in [-0.2, 0) is 16.7 Å². The number of amides is 2. The molecular formula is C19H23BrN2O4S. The van der Waals surface area contributed by atoms with Crippen molar-refractivity contribution in [2.75, 3.05) is 11.6 Å². The third-order valence-electron chi connectivity index (χ3n) is 3.98. The number of hydrogen-bond acceptors (Lipinski definition) is 4.